The number of carbonyl (C=O) groups is 2. The van der Waals surface area contributed by atoms with Crippen molar-refractivity contribution in [2.75, 3.05) is 19.8 Å². The van der Waals surface area contributed by atoms with E-state index in [1.807, 2.05) is 5.32 Å². The molecular weight excluding hydrogens is 293 g/mol. The van der Waals surface area contributed by atoms with Gasteiger partial charge < -0.3 is 14.2 Å². The highest BCUT2D eigenvalue weighted by molar-refractivity contribution is 6.00. The van der Waals surface area contributed by atoms with Gasteiger partial charge in [0.2, 0.25) is 6.10 Å². The third kappa shape index (κ3) is 3.94. The van der Waals surface area contributed by atoms with Gasteiger partial charge in [-0.2, -0.15) is 0 Å². The summed E-state index contributed by atoms with van der Waals surface area (Å²) in [4.78, 5) is 22.3. The number of amides is 2. The van der Waals surface area contributed by atoms with Gasteiger partial charge in [0.05, 0.1) is 12.2 Å². The molecule has 1 atom stereocenters. The fraction of sp³-hybridized carbons (Fsp3) is 0.467. The van der Waals surface area contributed by atoms with Crippen molar-refractivity contribution < 1.29 is 28.2 Å². The SMILES string of the molecule is C1CCOC1.CCOc1cccc(F)c1C1OC(=O)NC1=O. The van der Waals surface area contributed by atoms with Crippen LogP contribution in [0.15, 0.2) is 18.2 Å². The Morgan fingerprint density at radius 2 is 2.05 bits per heavy atom. The minimum Gasteiger partial charge on any atom is -0.493 e. The lowest BCUT2D eigenvalue weighted by Crippen LogP contribution is -2.21. The van der Waals surface area contributed by atoms with E-state index in [0.29, 0.717) is 6.61 Å². The molecule has 0 aromatic heterocycles. The first-order valence-electron chi connectivity index (χ1n) is 7.14. The normalized spacial score (nSPS) is 20.0. The number of alkyl carbamates (subject to hydrolysis) is 1. The maximum absolute atomic E-state index is 13.7. The average molecular weight is 311 g/mol. The highest BCUT2D eigenvalue weighted by Gasteiger charge is 2.37. The van der Waals surface area contributed by atoms with Crippen molar-refractivity contribution in [3.8, 4) is 5.75 Å². The average Bonchev–Trinajstić information content (AvgIpc) is 3.13. The molecule has 2 saturated heterocycles. The first kappa shape index (κ1) is 16.2. The number of ether oxygens (including phenoxy) is 3. The zero-order chi connectivity index (χ0) is 15.9. The summed E-state index contributed by atoms with van der Waals surface area (Å²) in [5.74, 6) is -1.14. The molecule has 1 N–H and O–H groups in total. The van der Waals surface area contributed by atoms with E-state index in [2.05, 4.69) is 0 Å². The molecule has 0 spiro atoms. The summed E-state index contributed by atoms with van der Waals surface area (Å²) in [5.41, 5.74) is -0.0577. The monoisotopic (exact) mass is 311 g/mol. The number of cyclic esters (lactones) is 1. The van der Waals surface area contributed by atoms with Crippen LogP contribution in [0.4, 0.5) is 9.18 Å². The summed E-state index contributed by atoms with van der Waals surface area (Å²) in [6.07, 6.45) is 0.385. The lowest BCUT2D eigenvalue weighted by atomic mass is 10.1. The van der Waals surface area contributed by atoms with Crippen LogP contribution in [0.2, 0.25) is 0 Å². The zero-order valence-electron chi connectivity index (χ0n) is 12.3. The lowest BCUT2D eigenvalue weighted by molar-refractivity contribution is -0.123. The van der Waals surface area contributed by atoms with E-state index in [-0.39, 0.29) is 11.3 Å². The summed E-state index contributed by atoms with van der Waals surface area (Å²) in [6, 6.07) is 4.15. The highest BCUT2D eigenvalue weighted by atomic mass is 19.1. The van der Waals surface area contributed by atoms with Crippen LogP contribution in [0.1, 0.15) is 31.4 Å². The molecule has 22 heavy (non-hydrogen) atoms. The Hall–Kier alpha value is -2.15. The number of imide groups is 1. The van der Waals surface area contributed by atoms with Crippen molar-refractivity contribution in [2.45, 2.75) is 25.9 Å². The molecule has 2 amide bonds. The summed E-state index contributed by atoms with van der Waals surface area (Å²) in [5, 5.41) is 1.94. The van der Waals surface area contributed by atoms with Crippen LogP contribution in [0.5, 0.6) is 5.75 Å². The molecule has 1 aromatic rings. The Balaban J connectivity index is 0.000000299. The second-order valence-electron chi connectivity index (χ2n) is 4.68. The number of benzene rings is 1. The Morgan fingerprint density at radius 3 is 2.55 bits per heavy atom. The van der Waals surface area contributed by atoms with Crippen molar-refractivity contribution in [3.05, 3.63) is 29.6 Å². The van der Waals surface area contributed by atoms with E-state index in [9.17, 15) is 14.0 Å². The number of nitrogens with one attached hydrogen (secondary N) is 1. The number of hydrogen-bond acceptors (Lipinski definition) is 5. The maximum atomic E-state index is 13.7. The summed E-state index contributed by atoms with van der Waals surface area (Å²) < 4.78 is 28.5. The van der Waals surface area contributed by atoms with Gasteiger partial charge in [0.25, 0.3) is 5.91 Å². The molecule has 0 saturated carbocycles. The summed E-state index contributed by atoms with van der Waals surface area (Å²) >= 11 is 0. The molecule has 0 aliphatic carbocycles. The van der Waals surface area contributed by atoms with Gasteiger partial charge in [-0.05, 0) is 31.9 Å². The second-order valence-corrected chi connectivity index (χ2v) is 4.68. The predicted molar refractivity (Wildman–Crippen MR) is 75.0 cm³/mol. The lowest BCUT2D eigenvalue weighted by Gasteiger charge is -2.13. The van der Waals surface area contributed by atoms with Crippen molar-refractivity contribution in [2.24, 2.45) is 0 Å². The zero-order valence-corrected chi connectivity index (χ0v) is 12.3. The van der Waals surface area contributed by atoms with E-state index in [1.54, 1.807) is 6.92 Å². The fourth-order valence-corrected chi connectivity index (χ4v) is 2.11. The number of rotatable bonds is 3. The van der Waals surface area contributed by atoms with Crippen molar-refractivity contribution in [1.82, 2.24) is 5.32 Å². The van der Waals surface area contributed by atoms with E-state index < -0.39 is 23.9 Å². The van der Waals surface area contributed by atoms with E-state index in [0.717, 1.165) is 13.2 Å². The molecule has 1 unspecified atom stereocenters. The van der Waals surface area contributed by atoms with Crippen LogP contribution in [-0.2, 0) is 14.3 Å². The molecule has 7 heteroatoms. The van der Waals surface area contributed by atoms with Crippen LogP contribution in [-0.4, -0.2) is 31.8 Å². The van der Waals surface area contributed by atoms with Gasteiger partial charge >= 0.3 is 6.09 Å². The first-order valence-corrected chi connectivity index (χ1v) is 7.14. The second kappa shape index (κ2) is 7.74. The molecule has 2 fully saturated rings. The van der Waals surface area contributed by atoms with E-state index in [4.69, 9.17) is 14.2 Å². The van der Waals surface area contributed by atoms with Crippen LogP contribution in [0.3, 0.4) is 0 Å². The standard InChI is InChI=1S/C11H10FNO4.C4H8O/c1-2-16-7-5-3-4-6(12)8(7)9-10(14)13-11(15)17-9;1-2-4-5-3-1/h3-5,9H,2H2,1H3,(H,13,14,15);1-4H2. The van der Waals surface area contributed by atoms with Gasteiger partial charge in [-0.3, -0.25) is 10.1 Å². The first-order chi connectivity index (χ1) is 10.6. The van der Waals surface area contributed by atoms with Gasteiger partial charge in [0.1, 0.15) is 11.6 Å². The number of carbonyl (C=O) groups excluding carboxylic acids is 2. The third-order valence-electron chi connectivity index (χ3n) is 3.09. The van der Waals surface area contributed by atoms with Gasteiger partial charge in [0, 0.05) is 13.2 Å². The molecule has 120 valence electrons. The summed E-state index contributed by atoms with van der Waals surface area (Å²) in [6.45, 7) is 4.05. The minimum atomic E-state index is -1.29. The molecule has 2 aliphatic rings. The van der Waals surface area contributed by atoms with Gasteiger partial charge in [-0.1, -0.05) is 6.07 Å². The van der Waals surface area contributed by atoms with Crippen LogP contribution >= 0.6 is 0 Å². The Bertz CT molecular complexity index is 537. The molecule has 2 heterocycles. The van der Waals surface area contributed by atoms with E-state index >= 15 is 0 Å². The molecule has 1 aromatic carbocycles. The number of halogens is 1. The molecule has 6 nitrogen and oxygen atoms in total. The Labute approximate surface area is 127 Å². The highest BCUT2D eigenvalue weighted by Crippen LogP contribution is 2.32. The van der Waals surface area contributed by atoms with Crippen LogP contribution in [0, 0.1) is 5.82 Å². The van der Waals surface area contributed by atoms with Crippen molar-refractivity contribution in [3.63, 3.8) is 0 Å². The van der Waals surface area contributed by atoms with Crippen molar-refractivity contribution >= 4 is 12.0 Å². The Morgan fingerprint density at radius 1 is 1.32 bits per heavy atom. The molecule has 0 bridgehead atoms. The fourth-order valence-electron chi connectivity index (χ4n) is 2.11. The van der Waals surface area contributed by atoms with Gasteiger partial charge in [-0.25, -0.2) is 9.18 Å². The van der Waals surface area contributed by atoms with Crippen LogP contribution in [0.25, 0.3) is 0 Å². The Kier molecular flexibility index (Phi) is 5.71. The van der Waals surface area contributed by atoms with E-state index in [1.165, 1.54) is 31.0 Å². The van der Waals surface area contributed by atoms with Gasteiger partial charge in [0.15, 0.2) is 0 Å². The maximum Gasteiger partial charge on any atom is 0.415 e. The molecule has 0 radical (unpaired) electrons. The smallest absolute Gasteiger partial charge is 0.415 e. The van der Waals surface area contributed by atoms with Crippen LogP contribution < -0.4 is 10.1 Å². The third-order valence-corrected chi connectivity index (χ3v) is 3.09. The molecule has 2 aliphatic heterocycles. The topological polar surface area (TPSA) is 73.9 Å². The minimum absolute atomic E-state index is 0.0577. The number of hydrogen-bond donors (Lipinski definition) is 1. The van der Waals surface area contributed by atoms with Gasteiger partial charge in [-0.15, -0.1) is 0 Å². The molecular formula is C15H18FNO5. The largest absolute Gasteiger partial charge is 0.493 e. The predicted octanol–water partition coefficient (Wildman–Crippen LogP) is 2.33. The van der Waals surface area contributed by atoms with Crippen molar-refractivity contribution in [1.29, 1.82) is 0 Å². The quantitative estimate of drug-likeness (QED) is 0.927. The summed E-state index contributed by atoms with van der Waals surface area (Å²) in [7, 11) is 0. The molecule has 3 rings (SSSR count).